The van der Waals surface area contributed by atoms with Crippen molar-refractivity contribution >= 4 is 5.78 Å². The minimum absolute atomic E-state index is 0.168. The van der Waals surface area contributed by atoms with Crippen molar-refractivity contribution < 1.29 is 15.0 Å². The predicted molar refractivity (Wildman–Crippen MR) is 88.7 cm³/mol. The molecular weight excluding hydrogens is 288 g/mol. The molecule has 0 aliphatic heterocycles. The van der Waals surface area contributed by atoms with E-state index < -0.39 is 5.60 Å². The fourth-order valence-electron chi connectivity index (χ4n) is 6.81. The van der Waals surface area contributed by atoms with Gasteiger partial charge in [0, 0.05) is 11.8 Å². The van der Waals surface area contributed by atoms with Gasteiger partial charge in [-0.3, -0.25) is 4.79 Å². The van der Waals surface area contributed by atoms with E-state index in [2.05, 4.69) is 13.8 Å². The second kappa shape index (κ2) is 4.92. The summed E-state index contributed by atoms with van der Waals surface area (Å²) < 4.78 is 0. The van der Waals surface area contributed by atoms with Gasteiger partial charge in [0.2, 0.25) is 0 Å². The van der Waals surface area contributed by atoms with E-state index in [1.807, 2.05) is 13.0 Å². The van der Waals surface area contributed by atoms with Crippen molar-refractivity contribution in [2.45, 2.75) is 71.0 Å². The first-order valence-corrected chi connectivity index (χ1v) is 9.39. The van der Waals surface area contributed by atoms with Gasteiger partial charge in [-0.1, -0.05) is 19.4 Å². The zero-order valence-electron chi connectivity index (χ0n) is 14.6. The normalized spacial score (nSPS) is 55.7. The topological polar surface area (TPSA) is 57.5 Å². The first-order chi connectivity index (χ1) is 10.7. The number of carbonyl (C=O) groups excluding carboxylic acids is 1. The molecule has 4 rings (SSSR count). The first kappa shape index (κ1) is 15.8. The Kier molecular flexibility index (Phi) is 3.39. The number of carbonyl (C=O) groups is 1. The molecule has 3 heteroatoms. The van der Waals surface area contributed by atoms with Crippen LogP contribution in [-0.4, -0.2) is 27.7 Å². The second-order valence-corrected chi connectivity index (χ2v) is 9.24. The molecule has 0 radical (unpaired) electrons. The minimum atomic E-state index is -0.661. The predicted octanol–water partition coefficient (Wildman–Crippen LogP) is 3.10. The van der Waals surface area contributed by atoms with E-state index in [-0.39, 0.29) is 23.2 Å². The van der Waals surface area contributed by atoms with Crippen LogP contribution in [0.15, 0.2) is 11.6 Å². The molecule has 0 bridgehead atoms. The number of hydrogen-bond donors (Lipinski definition) is 2. The van der Waals surface area contributed by atoms with Gasteiger partial charge in [0.25, 0.3) is 0 Å². The van der Waals surface area contributed by atoms with Gasteiger partial charge < -0.3 is 10.2 Å². The van der Waals surface area contributed by atoms with Gasteiger partial charge in [-0.05, 0) is 74.7 Å². The molecule has 2 unspecified atom stereocenters. The maximum atomic E-state index is 11.9. The van der Waals surface area contributed by atoms with Gasteiger partial charge in [-0.2, -0.15) is 0 Å². The van der Waals surface area contributed by atoms with Crippen LogP contribution in [0.1, 0.15) is 59.3 Å². The Bertz CT molecular complexity index is 563. The summed E-state index contributed by atoms with van der Waals surface area (Å²) in [6.07, 6.45) is 6.79. The van der Waals surface area contributed by atoms with E-state index in [9.17, 15) is 15.0 Å². The molecule has 0 heterocycles. The monoisotopic (exact) mass is 318 g/mol. The molecule has 4 aliphatic carbocycles. The molecule has 0 spiro atoms. The van der Waals surface area contributed by atoms with Gasteiger partial charge in [0.15, 0.2) is 5.78 Å². The standard InChI is InChI=1S/C20H30O3/c1-11-8-15-16-6-7-20(3,23)19(16,2)10-17(22)18(15)13-5-4-12(21)9-14(11)13/h9,11,13,15-18,22-23H,4-8,10H2,1-3H3/t11-,13-,15?,16-,17?,18+,19-,20-/m0/s1. The average molecular weight is 318 g/mol. The minimum Gasteiger partial charge on any atom is -0.393 e. The van der Waals surface area contributed by atoms with Crippen molar-refractivity contribution in [3.05, 3.63) is 11.6 Å². The lowest BCUT2D eigenvalue weighted by molar-refractivity contribution is -0.155. The van der Waals surface area contributed by atoms with Crippen LogP contribution in [0.5, 0.6) is 0 Å². The number of aliphatic hydroxyl groups is 2. The molecule has 0 saturated heterocycles. The van der Waals surface area contributed by atoms with Crippen molar-refractivity contribution in [2.75, 3.05) is 0 Å². The van der Waals surface area contributed by atoms with E-state index in [0.29, 0.717) is 36.5 Å². The number of rotatable bonds is 0. The molecule has 3 saturated carbocycles. The van der Waals surface area contributed by atoms with E-state index in [1.165, 1.54) is 5.57 Å². The first-order valence-electron chi connectivity index (χ1n) is 9.39. The summed E-state index contributed by atoms with van der Waals surface area (Å²) >= 11 is 0. The molecule has 4 aliphatic rings. The van der Waals surface area contributed by atoms with E-state index >= 15 is 0 Å². The largest absolute Gasteiger partial charge is 0.393 e. The highest BCUT2D eigenvalue weighted by atomic mass is 16.3. The molecule has 3 fully saturated rings. The van der Waals surface area contributed by atoms with Crippen LogP contribution in [0.25, 0.3) is 0 Å². The highest BCUT2D eigenvalue weighted by molar-refractivity contribution is 5.91. The quantitative estimate of drug-likeness (QED) is 0.721. The second-order valence-electron chi connectivity index (χ2n) is 9.24. The fourth-order valence-corrected chi connectivity index (χ4v) is 6.81. The molecule has 128 valence electrons. The highest BCUT2D eigenvalue weighted by Gasteiger charge is 2.63. The summed E-state index contributed by atoms with van der Waals surface area (Å²) in [5.74, 6) is 2.37. The molecule has 0 aromatic carbocycles. The summed E-state index contributed by atoms with van der Waals surface area (Å²) in [5, 5.41) is 21.9. The van der Waals surface area contributed by atoms with Crippen molar-refractivity contribution in [1.82, 2.24) is 0 Å². The van der Waals surface area contributed by atoms with Gasteiger partial charge in [0.1, 0.15) is 0 Å². The number of allylic oxidation sites excluding steroid dienone is 1. The lowest BCUT2D eigenvalue weighted by Crippen LogP contribution is -2.57. The number of hydrogen-bond acceptors (Lipinski definition) is 3. The zero-order chi connectivity index (χ0) is 16.6. The smallest absolute Gasteiger partial charge is 0.155 e. The lowest BCUT2D eigenvalue weighted by atomic mass is 9.48. The summed E-state index contributed by atoms with van der Waals surface area (Å²) in [5.41, 5.74) is 0.472. The lowest BCUT2D eigenvalue weighted by Gasteiger charge is -2.58. The van der Waals surface area contributed by atoms with Crippen molar-refractivity contribution in [2.24, 2.45) is 35.0 Å². The Labute approximate surface area is 139 Å². The van der Waals surface area contributed by atoms with E-state index in [0.717, 1.165) is 25.7 Å². The van der Waals surface area contributed by atoms with Crippen LogP contribution in [0.3, 0.4) is 0 Å². The molecule has 0 aromatic heterocycles. The Morgan fingerprint density at radius 3 is 2.74 bits per heavy atom. The highest BCUT2D eigenvalue weighted by Crippen LogP contribution is 2.65. The SMILES string of the molecule is C[C@H]1CC2[C@H](C(O)C[C@@]3(C)[C@H]2CC[C@]3(C)O)[C@H]2CCC(=O)C=C12. The molecule has 2 N–H and O–H groups in total. The van der Waals surface area contributed by atoms with Crippen molar-refractivity contribution in [1.29, 1.82) is 0 Å². The molecule has 0 amide bonds. The molecule has 23 heavy (non-hydrogen) atoms. The van der Waals surface area contributed by atoms with Crippen LogP contribution in [-0.2, 0) is 4.79 Å². The summed E-state index contributed by atoms with van der Waals surface area (Å²) in [7, 11) is 0. The third kappa shape index (κ3) is 2.05. The summed E-state index contributed by atoms with van der Waals surface area (Å²) in [4.78, 5) is 11.9. The van der Waals surface area contributed by atoms with Gasteiger partial charge >= 0.3 is 0 Å². The van der Waals surface area contributed by atoms with Crippen molar-refractivity contribution in [3.8, 4) is 0 Å². The van der Waals surface area contributed by atoms with Crippen molar-refractivity contribution in [3.63, 3.8) is 0 Å². The third-order valence-electron chi connectivity index (χ3n) is 8.20. The molecule has 0 aromatic rings. The average Bonchev–Trinajstić information content (AvgIpc) is 2.69. The fraction of sp³-hybridized carbons (Fsp3) is 0.850. The van der Waals surface area contributed by atoms with Crippen LogP contribution in [0.2, 0.25) is 0 Å². The van der Waals surface area contributed by atoms with Gasteiger partial charge in [-0.15, -0.1) is 0 Å². The van der Waals surface area contributed by atoms with Gasteiger partial charge in [-0.25, -0.2) is 0 Å². The van der Waals surface area contributed by atoms with E-state index in [4.69, 9.17) is 0 Å². The summed E-state index contributed by atoms with van der Waals surface area (Å²) in [6, 6.07) is 0. The molecular formula is C20H30O3. The molecule has 8 atom stereocenters. The number of ketones is 1. The Balaban J connectivity index is 1.73. The van der Waals surface area contributed by atoms with Crippen LogP contribution in [0, 0.1) is 35.0 Å². The van der Waals surface area contributed by atoms with Gasteiger partial charge in [0.05, 0.1) is 11.7 Å². The number of aliphatic hydroxyl groups excluding tert-OH is 1. The molecule has 3 nitrogen and oxygen atoms in total. The van der Waals surface area contributed by atoms with Crippen LogP contribution in [0.4, 0.5) is 0 Å². The third-order valence-corrected chi connectivity index (χ3v) is 8.20. The Hall–Kier alpha value is -0.670. The maximum Gasteiger partial charge on any atom is 0.155 e. The van der Waals surface area contributed by atoms with Crippen LogP contribution >= 0.6 is 0 Å². The summed E-state index contributed by atoms with van der Waals surface area (Å²) in [6.45, 7) is 6.42. The van der Waals surface area contributed by atoms with Crippen LogP contribution < -0.4 is 0 Å². The number of fused-ring (bicyclic) bond motifs is 5. The Morgan fingerprint density at radius 1 is 1.26 bits per heavy atom. The maximum absolute atomic E-state index is 11.9. The Morgan fingerprint density at radius 2 is 2.00 bits per heavy atom. The zero-order valence-corrected chi connectivity index (χ0v) is 14.6. The van der Waals surface area contributed by atoms with E-state index in [1.54, 1.807) is 0 Å².